The first kappa shape index (κ1) is 22.8. The number of ether oxygens (including phenoxy) is 1. The van der Waals surface area contributed by atoms with E-state index in [1.165, 1.54) is 29.8 Å². The van der Waals surface area contributed by atoms with Crippen LogP contribution in [0.15, 0.2) is 42.7 Å². The van der Waals surface area contributed by atoms with Gasteiger partial charge >= 0.3 is 12.1 Å². The molecule has 0 aliphatic carbocycles. The number of aromatic nitrogens is 3. The van der Waals surface area contributed by atoms with E-state index in [1.807, 2.05) is 6.07 Å². The molecule has 0 unspecified atom stereocenters. The Morgan fingerprint density at radius 1 is 1.25 bits per heavy atom. The van der Waals surface area contributed by atoms with E-state index in [2.05, 4.69) is 15.4 Å². The van der Waals surface area contributed by atoms with Crippen LogP contribution in [0.2, 0.25) is 5.02 Å². The van der Waals surface area contributed by atoms with Gasteiger partial charge in [-0.25, -0.2) is 14.5 Å². The van der Waals surface area contributed by atoms with Crippen molar-refractivity contribution in [2.24, 2.45) is 0 Å². The van der Waals surface area contributed by atoms with Gasteiger partial charge in [-0.3, -0.25) is 4.79 Å². The number of nitrogens with one attached hydrogen (secondary N) is 1. The molecule has 3 aromatic rings. The molecule has 8 nitrogen and oxygen atoms in total. The van der Waals surface area contributed by atoms with Crippen molar-refractivity contribution in [3.05, 3.63) is 70.1 Å². The summed E-state index contributed by atoms with van der Waals surface area (Å²) >= 11 is 5.89. The molecule has 1 N–H and O–H groups in total. The van der Waals surface area contributed by atoms with E-state index in [1.54, 1.807) is 0 Å². The van der Waals surface area contributed by atoms with Crippen LogP contribution in [0.3, 0.4) is 0 Å². The third kappa shape index (κ3) is 5.04. The Kier molecular flexibility index (Phi) is 6.45. The average Bonchev–Trinajstić information content (AvgIpc) is 3.13. The highest BCUT2D eigenvalue weighted by atomic mass is 35.5. The molecule has 1 aromatic carbocycles. The summed E-state index contributed by atoms with van der Waals surface area (Å²) in [6.45, 7) is 0.890. The molecule has 0 fully saturated rings. The van der Waals surface area contributed by atoms with Crippen molar-refractivity contribution in [1.82, 2.24) is 14.8 Å². The number of nitriles is 1. The Balaban J connectivity index is 1.64. The first-order valence-corrected chi connectivity index (χ1v) is 9.23. The monoisotopic (exact) mass is 463 g/mol. The molecule has 0 aliphatic heterocycles. The number of carbonyl (C=O) groups is 2. The van der Waals surface area contributed by atoms with Crippen LogP contribution in [0, 0.1) is 18.3 Å². The zero-order chi connectivity index (χ0) is 23.5. The lowest BCUT2D eigenvalue weighted by molar-refractivity contribution is -0.137. The van der Waals surface area contributed by atoms with Crippen molar-refractivity contribution >= 4 is 29.2 Å². The number of hydrogen-bond donors (Lipinski definition) is 1. The van der Waals surface area contributed by atoms with Gasteiger partial charge in [0.15, 0.2) is 12.4 Å². The molecule has 0 saturated carbocycles. The first-order chi connectivity index (χ1) is 15.1. The third-order valence-corrected chi connectivity index (χ3v) is 4.54. The van der Waals surface area contributed by atoms with Gasteiger partial charge in [0.2, 0.25) is 0 Å². The maximum atomic E-state index is 12.7. The number of benzene rings is 1. The van der Waals surface area contributed by atoms with Crippen molar-refractivity contribution in [2.45, 2.75) is 13.1 Å². The van der Waals surface area contributed by atoms with Gasteiger partial charge in [0.05, 0.1) is 28.0 Å². The van der Waals surface area contributed by atoms with Crippen molar-refractivity contribution < 1.29 is 27.5 Å². The summed E-state index contributed by atoms with van der Waals surface area (Å²) in [6, 6.07) is 8.13. The standard InChI is InChI=1S/C20H13ClF3N5O3/c1-11-15(9-27-29(11)17-5-3-13(8-26-17)20(22,23)24)19(31)32-10-18(30)28-14-4-2-12(7-25)16(21)6-14/h2-6,8-9H,10H2,1H3,(H,28,30). The van der Waals surface area contributed by atoms with E-state index < -0.39 is 30.2 Å². The van der Waals surface area contributed by atoms with Crippen molar-refractivity contribution in [1.29, 1.82) is 5.26 Å². The molecule has 2 heterocycles. The van der Waals surface area contributed by atoms with E-state index in [-0.39, 0.29) is 27.7 Å². The minimum Gasteiger partial charge on any atom is -0.452 e. The predicted octanol–water partition coefficient (Wildman–Crippen LogP) is 3.92. The lowest BCUT2D eigenvalue weighted by Gasteiger charge is -2.09. The molecule has 0 atom stereocenters. The maximum Gasteiger partial charge on any atom is 0.417 e. The highest BCUT2D eigenvalue weighted by molar-refractivity contribution is 6.32. The normalized spacial score (nSPS) is 11.0. The van der Waals surface area contributed by atoms with Crippen LogP contribution in [0.4, 0.5) is 18.9 Å². The number of pyridine rings is 1. The number of hydrogen-bond acceptors (Lipinski definition) is 6. The summed E-state index contributed by atoms with van der Waals surface area (Å²) < 4.78 is 44.2. The molecule has 12 heteroatoms. The van der Waals surface area contributed by atoms with Crippen molar-refractivity contribution in [3.8, 4) is 11.9 Å². The fourth-order valence-electron chi connectivity index (χ4n) is 2.61. The average molecular weight is 464 g/mol. The van der Waals surface area contributed by atoms with Gasteiger partial charge in [-0.2, -0.15) is 23.5 Å². The first-order valence-electron chi connectivity index (χ1n) is 8.85. The number of alkyl halides is 3. The van der Waals surface area contributed by atoms with Gasteiger partial charge in [-0.05, 0) is 37.3 Å². The summed E-state index contributed by atoms with van der Waals surface area (Å²) in [6.07, 6.45) is -2.70. The van der Waals surface area contributed by atoms with E-state index in [4.69, 9.17) is 21.6 Å². The fourth-order valence-corrected chi connectivity index (χ4v) is 2.83. The lowest BCUT2D eigenvalue weighted by atomic mass is 10.2. The van der Waals surface area contributed by atoms with Gasteiger partial charge < -0.3 is 10.1 Å². The second-order valence-electron chi connectivity index (χ2n) is 6.39. The van der Waals surface area contributed by atoms with Gasteiger partial charge in [0, 0.05) is 11.9 Å². The summed E-state index contributed by atoms with van der Waals surface area (Å²) in [5.41, 5.74) is -0.0822. The Bertz CT molecular complexity index is 1220. The van der Waals surface area contributed by atoms with Crippen LogP contribution in [-0.4, -0.2) is 33.2 Å². The molecular formula is C20H13ClF3N5O3. The molecule has 2 aromatic heterocycles. The minimum atomic E-state index is -4.52. The van der Waals surface area contributed by atoms with E-state index in [0.717, 1.165) is 18.3 Å². The van der Waals surface area contributed by atoms with E-state index in [9.17, 15) is 22.8 Å². The Labute approximate surface area is 184 Å². The number of rotatable bonds is 5. The molecule has 0 aliphatic rings. The molecule has 32 heavy (non-hydrogen) atoms. The maximum absolute atomic E-state index is 12.7. The van der Waals surface area contributed by atoms with Crippen LogP contribution in [0.5, 0.6) is 0 Å². The summed E-state index contributed by atoms with van der Waals surface area (Å²) in [5.74, 6) is -1.42. The van der Waals surface area contributed by atoms with Crippen LogP contribution < -0.4 is 5.32 Å². The van der Waals surface area contributed by atoms with E-state index in [0.29, 0.717) is 11.9 Å². The topological polar surface area (TPSA) is 110 Å². The quantitative estimate of drug-likeness (QED) is 0.574. The van der Waals surface area contributed by atoms with Gasteiger partial charge in [0.1, 0.15) is 11.6 Å². The summed E-state index contributed by atoms with van der Waals surface area (Å²) in [7, 11) is 0. The fraction of sp³-hybridized carbons (Fsp3) is 0.150. The number of esters is 1. The molecule has 0 radical (unpaired) electrons. The van der Waals surface area contributed by atoms with Gasteiger partial charge in [-0.15, -0.1) is 0 Å². The molecule has 1 amide bonds. The molecule has 0 spiro atoms. The molecule has 0 bridgehead atoms. The van der Waals surface area contributed by atoms with Gasteiger partial charge in [-0.1, -0.05) is 11.6 Å². The second kappa shape index (κ2) is 9.07. The number of carbonyl (C=O) groups excluding carboxylic acids is 2. The Morgan fingerprint density at radius 3 is 2.59 bits per heavy atom. The van der Waals surface area contributed by atoms with Gasteiger partial charge in [0.25, 0.3) is 5.91 Å². The molecule has 164 valence electrons. The highest BCUT2D eigenvalue weighted by Crippen LogP contribution is 2.29. The van der Waals surface area contributed by atoms with Crippen LogP contribution >= 0.6 is 11.6 Å². The van der Waals surface area contributed by atoms with Crippen LogP contribution in [-0.2, 0) is 15.7 Å². The zero-order valence-corrected chi connectivity index (χ0v) is 17.0. The summed E-state index contributed by atoms with van der Waals surface area (Å²) in [4.78, 5) is 28.1. The minimum absolute atomic E-state index is 0.0147. The molecule has 0 saturated heterocycles. The SMILES string of the molecule is Cc1c(C(=O)OCC(=O)Nc2ccc(C#N)c(Cl)c2)cnn1-c1ccc(C(F)(F)F)cn1. The predicted molar refractivity (Wildman–Crippen MR) is 106 cm³/mol. The molecule has 3 rings (SSSR count). The second-order valence-corrected chi connectivity index (χ2v) is 6.80. The smallest absolute Gasteiger partial charge is 0.417 e. The third-order valence-electron chi connectivity index (χ3n) is 4.23. The van der Waals surface area contributed by atoms with E-state index >= 15 is 0 Å². The Hall–Kier alpha value is -3.91. The van der Waals surface area contributed by atoms with Crippen molar-refractivity contribution in [2.75, 3.05) is 11.9 Å². The zero-order valence-electron chi connectivity index (χ0n) is 16.3. The van der Waals surface area contributed by atoms with Crippen LogP contribution in [0.1, 0.15) is 27.2 Å². The number of halogens is 4. The number of nitrogens with zero attached hydrogens (tertiary/aromatic N) is 4. The molecular weight excluding hydrogens is 451 g/mol. The largest absolute Gasteiger partial charge is 0.452 e. The summed E-state index contributed by atoms with van der Waals surface area (Å²) in [5, 5.41) is 15.4. The van der Waals surface area contributed by atoms with Crippen molar-refractivity contribution in [3.63, 3.8) is 0 Å². The number of amides is 1. The van der Waals surface area contributed by atoms with Crippen LogP contribution in [0.25, 0.3) is 5.82 Å². The number of anilines is 1. The Morgan fingerprint density at radius 2 is 2.00 bits per heavy atom. The lowest BCUT2D eigenvalue weighted by Crippen LogP contribution is -2.21. The highest BCUT2D eigenvalue weighted by Gasteiger charge is 2.31.